The molecular weight excluding hydrogens is 333 g/mol. The Balaban J connectivity index is 1.62. The zero-order valence-corrected chi connectivity index (χ0v) is 13.4. The summed E-state index contributed by atoms with van der Waals surface area (Å²) in [7, 11) is 0. The highest BCUT2D eigenvalue weighted by molar-refractivity contribution is 5.94. The van der Waals surface area contributed by atoms with E-state index in [2.05, 4.69) is 9.64 Å². The van der Waals surface area contributed by atoms with Crippen LogP contribution in [0.5, 0.6) is 5.75 Å². The lowest BCUT2D eigenvalue weighted by Gasteiger charge is -2.36. The van der Waals surface area contributed by atoms with Gasteiger partial charge in [-0.1, -0.05) is 6.07 Å². The van der Waals surface area contributed by atoms with Crippen LogP contribution < -0.4 is 9.64 Å². The Morgan fingerprint density at radius 2 is 1.68 bits per heavy atom. The number of nitrogens with zero attached hydrogens (tertiary/aromatic N) is 2. The average Bonchev–Trinajstić information content (AvgIpc) is 2.62. The first-order chi connectivity index (χ1) is 12.0. The van der Waals surface area contributed by atoms with Crippen molar-refractivity contribution in [2.45, 2.75) is 6.61 Å². The van der Waals surface area contributed by atoms with E-state index in [4.69, 9.17) is 0 Å². The van der Waals surface area contributed by atoms with E-state index in [0.717, 1.165) is 5.69 Å². The number of amides is 1. The molecule has 4 nitrogen and oxygen atoms in total. The molecule has 7 heteroatoms. The number of anilines is 1. The van der Waals surface area contributed by atoms with Gasteiger partial charge < -0.3 is 14.5 Å². The molecular formula is C18H17F3N2O2. The number of piperazine rings is 1. The molecule has 25 heavy (non-hydrogen) atoms. The Morgan fingerprint density at radius 1 is 1.00 bits per heavy atom. The monoisotopic (exact) mass is 350 g/mol. The van der Waals surface area contributed by atoms with E-state index in [1.54, 1.807) is 23.1 Å². The molecule has 0 spiro atoms. The van der Waals surface area contributed by atoms with Crippen molar-refractivity contribution in [2.75, 3.05) is 31.1 Å². The fourth-order valence-corrected chi connectivity index (χ4v) is 2.81. The molecule has 0 aromatic heterocycles. The summed E-state index contributed by atoms with van der Waals surface area (Å²) < 4.78 is 41.9. The van der Waals surface area contributed by atoms with Crippen LogP contribution in [0.25, 0.3) is 0 Å². The number of hydrogen-bond acceptors (Lipinski definition) is 3. The molecule has 0 saturated carbocycles. The molecule has 1 heterocycles. The highest BCUT2D eigenvalue weighted by atomic mass is 19.3. The van der Waals surface area contributed by atoms with Crippen molar-refractivity contribution >= 4 is 11.6 Å². The third kappa shape index (κ3) is 4.23. The van der Waals surface area contributed by atoms with Gasteiger partial charge in [-0.15, -0.1) is 0 Å². The summed E-state index contributed by atoms with van der Waals surface area (Å²) in [6, 6.07) is 12.0. The van der Waals surface area contributed by atoms with Crippen LogP contribution >= 0.6 is 0 Å². The van der Waals surface area contributed by atoms with Crippen molar-refractivity contribution in [1.29, 1.82) is 0 Å². The van der Waals surface area contributed by atoms with Crippen molar-refractivity contribution in [2.24, 2.45) is 0 Å². The Kier molecular flexibility index (Phi) is 5.11. The molecule has 0 radical (unpaired) electrons. The van der Waals surface area contributed by atoms with Gasteiger partial charge in [0, 0.05) is 37.4 Å². The summed E-state index contributed by atoms with van der Waals surface area (Å²) in [5, 5.41) is 0. The average molecular weight is 350 g/mol. The lowest BCUT2D eigenvalue weighted by molar-refractivity contribution is -0.0499. The highest BCUT2D eigenvalue weighted by Gasteiger charge is 2.22. The van der Waals surface area contributed by atoms with Gasteiger partial charge in [0.2, 0.25) is 0 Å². The zero-order valence-electron chi connectivity index (χ0n) is 13.4. The van der Waals surface area contributed by atoms with E-state index in [0.29, 0.717) is 31.7 Å². The smallest absolute Gasteiger partial charge is 0.387 e. The number of carbonyl (C=O) groups is 1. The van der Waals surface area contributed by atoms with E-state index in [-0.39, 0.29) is 17.5 Å². The molecule has 1 amide bonds. The van der Waals surface area contributed by atoms with Gasteiger partial charge in [-0.05, 0) is 42.5 Å². The topological polar surface area (TPSA) is 32.8 Å². The summed E-state index contributed by atoms with van der Waals surface area (Å²) >= 11 is 0. The number of hydrogen-bond donors (Lipinski definition) is 0. The molecule has 0 atom stereocenters. The van der Waals surface area contributed by atoms with E-state index >= 15 is 0 Å². The Labute approximate surface area is 143 Å². The number of rotatable bonds is 4. The lowest BCUT2D eigenvalue weighted by atomic mass is 10.1. The molecule has 0 bridgehead atoms. The molecule has 1 saturated heterocycles. The maximum absolute atomic E-state index is 13.0. The van der Waals surface area contributed by atoms with E-state index < -0.39 is 6.61 Å². The molecule has 3 rings (SSSR count). The van der Waals surface area contributed by atoms with Gasteiger partial charge in [0.05, 0.1) is 0 Å². The van der Waals surface area contributed by atoms with Gasteiger partial charge in [-0.2, -0.15) is 8.78 Å². The lowest BCUT2D eigenvalue weighted by Crippen LogP contribution is -2.48. The summed E-state index contributed by atoms with van der Waals surface area (Å²) in [6.45, 7) is -0.703. The first kappa shape index (κ1) is 17.1. The van der Waals surface area contributed by atoms with Crippen LogP contribution in [0.1, 0.15) is 10.4 Å². The van der Waals surface area contributed by atoms with Gasteiger partial charge in [-0.3, -0.25) is 4.79 Å². The van der Waals surface area contributed by atoms with Crippen LogP contribution in [-0.4, -0.2) is 43.6 Å². The fraction of sp³-hybridized carbons (Fsp3) is 0.278. The van der Waals surface area contributed by atoms with E-state index in [9.17, 15) is 18.0 Å². The number of alkyl halides is 2. The summed E-state index contributed by atoms with van der Waals surface area (Å²) in [4.78, 5) is 16.3. The zero-order chi connectivity index (χ0) is 17.8. The van der Waals surface area contributed by atoms with Crippen molar-refractivity contribution in [3.8, 4) is 5.75 Å². The van der Waals surface area contributed by atoms with Gasteiger partial charge >= 0.3 is 6.61 Å². The van der Waals surface area contributed by atoms with Crippen LogP contribution in [0.4, 0.5) is 18.9 Å². The van der Waals surface area contributed by atoms with Gasteiger partial charge in [0.1, 0.15) is 11.6 Å². The van der Waals surface area contributed by atoms with Crippen LogP contribution in [0.2, 0.25) is 0 Å². The predicted molar refractivity (Wildman–Crippen MR) is 87.6 cm³/mol. The second-order valence-corrected chi connectivity index (χ2v) is 5.66. The summed E-state index contributed by atoms with van der Waals surface area (Å²) in [5.41, 5.74) is 1.22. The second-order valence-electron chi connectivity index (χ2n) is 5.66. The van der Waals surface area contributed by atoms with Crippen LogP contribution in [-0.2, 0) is 0 Å². The first-order valence-electron chi connectivity index (χ1n) is 7.87. The number of benzene rings is 2. The van der Waals surface area contributed by atoms with Crippen molar-refractivity contribution in [1.82, 2.24) is 4.90 Å². The van der Waals surface area contributed by atoms with Crippen LogP contribution in [0.3, 0.4) is 0 Å². The maximum atomic E-state index is 13.0. The minimum absolute atomic E-state index is 0.0363. The molecule has 132 valence electrons. The van der Waals surface area contributed by atoms with E-state index in [1.165, 1.54) is 30.3 Å². The molecule has 2 aromatic carbocycles. The van der Waals surface area contributed by atoms with Crippen LogP contribution in [0, 0.1) is 5.82 Å². The molecule has 1 fully saturated rings. The molecule has 2 aromatic rings. The normalized spacial score (nSPS) is 14.7. The summed E-state index contributed by atoms with van der Waals surface area (Å²) in [6.07, 6.45) is 0. The highest BCUT2D eigenvalue weighted by Crippen LogP contribution is 2.20. The van der Waals surface area contributed by atoms with E-state index in [1.807, 2.05) is 0 Å². The standard InChI is InChI=1S/C18H17F3N2O2/c19-14-4-6-15(7-5-14)22-8-10-23(11-9-22)17(24)13-2-1-3-16(12-13)25-18(20)21/h1-7,12,18H,8-11H2. The third-order valence-corrected chi connectivity index (χ3v) is 4.06. The maximum Gasteiger partial charge on any atom is 0.387 e. The van der Waals surface area contributed by atoms with Crippen molar-refractivity contribution < 1.29 is 22.7 Å². The molecule has 0 N–H and O–H groups in total. The quantitative estimate of drug-likeness (QED) is 0.847. The van der Waals surface area contributed by atoms with Crippen molar-refractivity contribution in [3.63, 3.8) is 0 Å². The number of carbonyl (C=O) groups excluding carboxylic acids is 1. The predicted octanol–water partition coefficient (Wildman–Crippen LogP) is 3.39. The molecule has 1 aliphatic heterocycles. The van der Waals surface area contributed by atoms with Crippen molar-refractivity contribution in [3.05, 3.63) is 59.9 Å². The van der Waals surface area contributed by atoms with Gasteiger partial charge in [-0.25, -0.2) is 4.39 Å². The third-order valence-electron chi connectivity index (χ3n) is 4.06. The van der Waals surface area contributed by atoms with Crippen LogP contribution in [0.15, 0.2) is 48.5 Å². The van der Waals surface area contributed by atoms with Gasteiger partial charge in [0.15, 0.2) is 0 Å². The minimum atomic E-state index is -2.93. The molecule has 0 unspecified atom stereocenters. The number of halogens is 3. The Bertz CT molecular complexity index is 729. The molecule has 1 aliphatic rings. The minimum Gasteiger partial charge on any atom is -0.435 e. The Hall–Kier alpha value is -2.70. The van der Waals surface area contributed by atoms with Gasteiger partial charge in [0.25, 0.3) is 5.91 Å². The largest absolute Gasteiger partial charge is 0.435 e. The fourth-order valence-electron chi connectivity index (χ4n) is 2.81. The summed E-state index contributed by atoms with van der Waals surface area (Å²) in [5.74, 6) is -0.548. The number of ether oxygens (including phenoxy) is 1. The second kappa shape index (κ2) is 7.46. The molecule has 0 aliphatic carbocycles. The Morgan fingerprint density at radius 3 is 2.32 bits per heavy atom. The first-order valence-corrected chi connectivity index (χ1v) is 7.87. The SMILES string of the molecule is O=C(c1cccc(OC(F)F)c1)N1CCN(c2ccc(F)cc2)CC1.